The fourth-order valence-electron chi connectivity index (χ4n) is 10.4. The Balaban J connectivity index is 0.960. The zero-order chi connectivity index (χ0) is 41.8. The van der Waals surface area contributed by atoms with E-state index in [-0.39, 0.29) is 5.41 Å². The van der Waals surface area contributed by atoms with Gasteiger partial charge in [-0.3, -0.25) is 0 Å². The third-order valence-corrected chi connectivity index (χ3v) is 13.7. The zero-order valence-corrected chi connectivity index (χ0v) is 35.6. The Morgan fingerprint density at radius 2 is 0.967 bits per heavy atom. The Kier molecular flexibility index (Phi) is 9.53. The van der Waals surface area contributed by atoms with Crippen molar-refractivity contribution in [3.05, 3.63) is 217 Å². The lowest BCUT2D eigenvalue weighted by atomic mass is 9.73. The van der Waals surface area contributed by atoms with E-state index in [1.54, 1.807) is 0 Å². The summed E-state index contributed by atoms with van der Waals surface area (Å²) < 4.78 is 0. The lowest BCUT2D eigenvalue weighted by Crippen LogP contribution is -2.23. The Morgan fingerprint density at radius 1 is 0.492 bits per heavy atom. The predicted octanol–water partition coefficient (Wildman–Crippen LogP) is 17.5. The molecule has 0 fully saturated rings. The van der Waals surface area contributed by atoms with Gasteiger partial charge in [-0.1, -0.05) is 196 Å². The van der Waals surface area contributed by atoms with Crippen molar-refractivity contribution in [3.8, 4) is 55.6 Å². The smallest absolute Gasteiger partial charge is 0.0210 e. The highest BCUT2D eigenvalue weighted by Gasteiger charge is 2.40. The molecule has 0 unspecified atom stereocenters. The van der Waals surface area contributed by atoms with Gasteiger partial charge in [0, 0.05) is 5.41 Å². The van der Waals surface area contributed by atoms with Crippen LogP contribution in [0.5, 0.6) is 0 Å². The second kappa shape index (κ2) is 15.2. The van der Waals surface area contributed by atoms with E-state index < -0.39 is 0 Å². The molecule has 0 heteroatoms. The fraction of sp³-hybridized carbons (Fsp3) is 0.115. The van der Waals surface area contributed by atoms with Crippen molar-refractivity contribution in [2.24, 2.45) is 0 Å². The highest BCUT2D eigenvalue weighted by molar-refractivity contribution is 6.25. The topological polar surface area (TPSA) is 0 Å². The van der Waals surface area contributed by atoms with E-state index in [0.29, 0.717) is 0 Å². The predicted molar refractivity (Wildman–Crippen MR) is 266 cm³/mol. The van der Waals surface area contributed by atoms with Gasteiger partial charge in [0.2, 0.25) is 0 Å². The molecule has 0 amide bonds. The Labute approximate surface area is 360 Å². The summed E-state index contributed by atoms with van der Waals surface area (Å²) in [5.41, 5.74) is 20.3. The van der Waals surface area contributed by atoms with Crippen LogP contribution in [0.25, 0.3) is 99.6 Å². The van der Waals surface area contributed by atoms with E-state index >= 15 is 0 Å². The van der Waals surface area contributed by atoms with Crippen molar-refractivity contribution in [2.75, 3.05) is 0 Å². The minimum Gasteiger partial charge on any atom is -0.0991 e. The number of benzene rings is 9. The van der Waals surface area contributed by atoms with Crippen molar-refractivity contribution >= 4 is 44.0 Å². The summed E-state index contributed by atoms with van der Waals surface area (Å²) >= 11 is 0. The summed E-state index contributed by atoms with van der Waals surface area (Å²) in [6, 6.07) is 59.7. The molecule has 0 spiro atoms. The molecule has 0 saturated carbocycles. The third kappa shape index (κ3) is 6.20. The molecule has 0 saturated heterocycles. The molecule has 0 nitrogen and oxygen atoms in total. The normalized spacial score (nSPS) is 12.9. The average molecular weight is 783 g/mol. The summed E-state index contributed by atoms with van der Waals surface area (Å²) in [7, 11) is 0. The van der Waals surface area contributed by atoms with Gasteiger partial charge in [-0.25, -0.2) is 0 Å². The monoisotopic (exact) mass is 782 g/mol. The van der Waals surface area contributed by atoms with Crippen LogP contribution in [0.3, 0.4) is 0 Å². The molecule has 61 heavy (non-hydrogen) atoms. The molecule has 0 N–H and O–H groups in total. The standard InChI is InChI=1S/C61H50/c1-7-11-15-51(39(5)6)56-36-48(27-16-40(56)8-2)41-17-19-42(20-18-41)49-30-33-53-54-34-31-50(38-58(54)61(9-3,10-4)57(53)37-49)43-21-23-44(24-22-43)52-32-28-47-26-25-45-13-12-14-46-29-35-55(52)60(47)59(45)46/h7-8,11-38H,1-2,9-10H2,3-6H3/b15-11-. The van der Waals surface area contributed by atoms with Gasteiger partial charge < -0.3 is 0 Å². The molecule has 0 aliphatic heterocycles. The van der Waals surface area contributed by atoms with Gasteiger partial charge in [-0.05, 0) is 161 Å². The van der Waals surface area contributed by atoms with Crippen LogP contribution in [0.15, 0.2) is 195 Å². The van der Waals surface area contributed by atoms with Gasteiger partial charge in [0.25, 0.3) is 0 Å². The van der Waals surface area contributed by atoms with Crippen LogP contribution in [0, 0.1) is 0 Å². The van der Waals surface area contributed by atoms with Gasteiger partial charge in [-0.2, -0.15) is 0 Å². The second-order valence-electron chi connectivity index (χ2n) is 16.9. The van der Waals surface area contributed by atoms with Crippen LogP contribution in [-0.4, -0.2) is 0 Å². The molecule has 0 aromatic heterocycles. The van der Waals surface area contributed by atoms with Crippen molar-refractivity contribution < 1.29 is 0 Å². The maximum absolute atomic E-state index is 4.10. The minimum atomic E-state index is -0.0513. The molecule has 0 atom stereocenters. The van der Waals surface area contributed by atoms with E-state index in [1.807, 2.05) is 18.2 Å². The van der Waals surface area contributed by atoms with Gasteiger partial charge >= 0.3 is 0 Å². The van der Waals surface area contributed by atoms with Gasteiger partial charge in [-0.15, -0.1) is 0 Å². The molecule has 9 aromatic carbocycles. The maximum Gasteiger partial charge on any atom is 0.0210 e. The first kappa shape index (κ1) is 38.2. The first-order chi connectivity index (χ1) is 29.8. The minimum absolute atomic E-state index is 0.0513. The van der Waals surface area contributed by atoms with Crippen LogP contribution in [0.4, 0.5) is 0 Å². The van der Waals surface area contributed by atoms with Crippen LogP contribution in [-0.2, 0) is 5.41 Å². The van der Waals surface area contributed by atoms with Gasteiger partial charge in [0.15, 0.2) is 0 Å². The summed E-state index contributed by atoms with van der Waals surface area (Å²) in [6.45, 7) is 17.0. The molecular weight excluding hydrogens is 733 g/mol. The SMILES string of the molecule is C=C/C=C\C(=C(C)C)c1cc(-c2ccc(-c3ccc4c(c3)C(CC)(CC)c3cc(-c5ccc(-c6ccc7ccc8cccc9ccc6c7c89)cc5)ccc3-4)cc2)ccc1C=C. The number of hydrogen-bond acceptors (Lipinski definition) is 0. The van der Waals surface area contributed by atoms with Crippen LogP contribution >= 0.6 is 0 Å². The fourth-order valence-corrected chi connectivity index (χ4v) is 10.4. The van der Waals surface area contributed by atoms with Crippen molar-refractivity contribution in [2.45, 2.75) is 46.0 Å². The summed E-state index contributed by atoms with van der Waals surface area (Å²) in [5, 5.41) is 7.94. The first-order valence-corrected chi connectivity index (χ1v) is 21.8. The number of hydrogen-bond donors (Lipinski definition) is 0. The van der Waals surface area contributed by atoms with Crippen molar-refractivity contribution in [1.82, 2.24) is 0 Å². The summed E-state index contributed by atoms with van der Waals surface area (Å²) in [6.07, 6.45) is 10.0. The van der Waals surface area contributed by atoms with E-state index in [1.165, 1.54) is 116 Å². The quantitative estimate of drug-likeness (QED) is 0.0957. The molecule has 10 rings (SSSR count). The molecule has 1 aliphatic carbocycles. The largest absolute Gasteiger partial charge is 0.0991 e. The molecule has 1 aliphatic rings. The maximum atomic E-state index is 4.10. The van der Waals surface area contributed by atoms with E-state index in [2.05, 4.69) is 205 Å². The Bertz CT molecular complexity index is 3210. The van der Waals surface area contributed by atoms with Gasteiger partial charge in [0.1, 0.15) is 0 Å². The summed E-state index contributed by atoms with van der Waals surface area (Å²) in [5.74, 6) is 0. The highest BCUT2D eigenvalue weighted by Crippen LogP contribution is 2.54. The molecular formula is C61H50. The Morgan fingerprint density at radius 3 is 1.51 bits per heavy atom. The summed E-state index contributed by atoms with van der Waals surface area (Å²) in [4.78, 5) is 0. The highest BCUT2D eigenvalue weighted by atomic mass is 14.4. The average Bonchev–Trinajstić information content (AvgIpc) is 3.59. The number of fused-ring (bicyclic) bond motifs is 3. The van der Waals surface area contributed by atoms with Crippen LogP contribution in [0.1, 0.15) is 62.8 Å². The molecule has 0 heterocycles. The first-order valence-electron chi connectivity index (χ1n) is 21.8. The van der Waals surface area contributed by atoms with E-state index in [4.69, 9.17) is 0 Å². The van der Waals surface area contributed by atoms with Crippen LogP contribution in [0.2, 0.25) is 0 Å². The lowest BCUT2D eigenvalue weighted by Gasteiger charge is -2.30. The zero-order valence-electron chi connectivity index (χ0n) is 35.6. The molecule has 0 bridgehead atoms. The van der Waals surface area contributed by atoms with Crippen molar-refractivity contribution in [1.29, 1.82) is 0 Å². The second-order valence-corrected chi connectivity index (χ2v) is 16.9. The van der Waals surface area contributed by atoms with Gasteiger partial charge in [0.05, 0.1) is 0 Å². The van der Waals surface area contributed by atoms with E-state index in [9.17, 15) is 0 Å². The molecule has 0 radical (unpaired) electrons. The Hall–Kier alpha value is -7.02. The van der Waals surface area contributed by atoms with Crippen molar-refractivity contribution in [3.63, 3.8) is 0 Å². The number of rotatable bonds is 10. The molecule has 9 aromatic rings. The van der Waals surface area contributed by atoms with E-state index in [0.717, 1.165) is 18.4 Å². The third-order valence-electron chi connectivity index (χ3n) is 13.7. The number of allylic oxidation sites excluding steroid dienone is 5. The van der Waals surface area contributed by atoms with Crippen LogP contribution < -0.4 is 0 Å². The lowest BCUT2D eigenvalue weighted by molar-refractivity contribution is 0.491. The molecule has 294 valence electrons.